The highest BCUT2D eigenvalue weighted by Crippen LogP contribution is 2.65. The van der Waals surface area contributed by atoms with Gasteiger partial charge in [-0.1, -0.05) is 49.7 Å². The van der Waals surface area contributed by atoms with E-state index in [0.717, 1.165) is 47.8 Å². The van der Waals surface area contributed by atoms with E-state index in [1.54, 1.807) is 12.3 Å². The van der Waals surface area contributed by atoms with E-state index in [0.29, 0.717) is 35.4 Å². The predicted molar refractivity (Wildman–Crippen MR) is 159 cm³/mol. The number of halogens is 1. The van der Waals surface area contributed by atoms with E-state index < -0.39 is 28.7 Å². The summed E-state index contributed by atoms with van der Waals surface area (Å²) >= 11 is 6.42. The van der Waals surface area contributed by atoms with Crippen LogP contribution in [0.5, 0.6) is 0 Å². The number of fused-ring (bicyclic) bond motifs is 1. The lowest BCUT2D eigenvalue weighted by Gasteiger charge is -2.64. The van der Waals surface area contributed by atoms with Gasteiger partial charge in [-0.15, -0.1) is 0 Å². The van der Waals surface area contributed by atoms with Gasteiger partial charge in [0.25, 0.3) is 0 Å². The first kappa shape index (κ1) is 27.9. The number of sulfonamides is 1. The van der Waals surface area contributed by atoms with Gasteiger partial charge in [-0.3, -0.25) is 0 Å². The summed E-state index contributed by atoms with van der Waals surface area (Å²) in [7, 11) is -4.52. The molecule has 10 heteroatoms. The maximum absolute atomic E-state index is 13.8. The topological polar surface area (TPSA) is 87.0 Å². The lowest BCUT2D eigenvalue weighted by atomic mass is 9.43. The number of para-hydroxylation sites is 1. The molecule has 2 bridgehead atoms. The van der Waals surface area contributed by atoms with Gasteiger partial charge in [0.15, 0.2) is 0 Å². The Balaban J connectivity index is 1.17. The van der Waals surface area contributed by atoms with E-state index in [1.807, 2.05) is 36.4 Å². The van der Waals surface area contributed by atoms with E-state index >= 15 is 0 Å². The third-order valence-corrected chi connectivity index (χ3v) is 11.9. The average Bonchev–Trinajstić information content (AvgIpc) is 3.66. The summed E-state index contributed by atoms with van der Waals surface area (Å²) in [5.41, 5.74) is 2.96. The molecule has 3 aliphatic carbocycles. The molecular weight excluding hydrogens is 561 g/mol. The molecule has 1 N–H and O–H groups in total. The first-order chi connectivity index (χ1) is 19.5. The maximum Gasteiger partial charge on any atom is 0.477 e. The fourth-order valence-electron chi connectivity index (χ4n) is 7.97. The quantitative estimate of drug-likeness (QED) is 0.310. The van der Waals surface area contributed by atoms with Crippen LogP contribution in [0.25, 0.3) is 11.0 Å². The van der Waals surface area contributed by atoms with Crippen molar-refractivity contribution in [3.05, 3.63) is 70.4 Å². The molecule has 2 saturated heterocycles. The van der Waals surface area contributed by atoms with Gasteiger partial charge in [-0.05, 0) is 91.2 Å². The zero-order valence-electron chi connectivity index (χ0n) is 23.8. The molecule has 3 aromatic rings. The minimum absolute atomic E-state index is 0.0508. The summed E-state index contributed by atoms with van der Waals surface area (Å²) in [5.74, 6) is 0.127. The number of ether oxygens (including phenoxy) is 1. The molecule has 5 aliphatic rings. The van der Waals surface area contributed by atoms with E-state index in [4.69, 9.17) is 30.1 Å². The van der Waals surface area contributed by atoms with Gasteiger partial charge in [-0.2, -0.15) is 0 Å². The van der Waals surface area contributed by atoms with Gasteiger partial charge >= 0.3 is 7.12 Å². The zero-order valence-corrected chi connectivity index (χ0v) is 25.3. The lowest BCUT2D eigenvalue weighted by Crippen LogP contribution is -2.65. The number of nitrogens with one attached hydrogen (secondary N) is 1. The highest BCUT2D eigenvalue weighted by molar-refractivity contribution is 7.88. The largest absolute Gasteiger partial charge is 0.477 e. The van der Waals surface area contributed by atoms with E-state index in [1.165, 1.54) is 0 Å². The Morgan fingerprint density at radius 3 is 2.76 bits per heavy atom. The van der Waals surface area contributed by atoms with Gasteiger partial charge in [0.2, 0.25) is 10.0 Å². The van der Waals surface area contributed by atoms with Crippen LogP contribution in [0.4, 0.5) is 0 Å². The van der Waals surface area contributed by atoms with Crippen LogP contribution in [-0.4, -0.2) is 39.8 Å². The molecule has 2 aliphatic heterocycles. The Morgan fingerprint density at radius 2 is 1.98 bits per heavy atom. The van der Waals surface area contributed by atoms with Crippen molar-refractivity contribution in [1.29, 1.82) is 0 Å². The second-order valence-corrected chi connectivity index (χ2v) is 15.4. The van der Waals surface area contributed by atoms with Gasteiger partial charge in [0.05, 0.1) is 35.8 Å². The fraction of sp³-hybridized carbons (Fsp3) is 0.548. The number of furan rings is 1. The molecule has 7 nitrogen and oxygen atoms in total. The Labute approximate surface area is 247 Å². The Hall–Kier alpha value is -1.88. The molecule has 6 atom stereocenters. The Kier molecular flexibility index (Phi) is 6.88. The van der Waals surface area contributed by atoms with Gasteiger partial charge < -0.3 is 18.5 Å². The summed E-state index contributed by atoms with van der Waals surface area (Å²) in [6.45, 7) is 7.49. The normalized spacial score (nSPS) is 31.3. The molecule has 8 rings (SSSR count). The molecule has 0 amide bonds. The summed E-state index contributed by atoms with van der Waals surface area (Å²) in [6, 6.07) is 13.3. The molecule has 1 unspecified atom stereocenters. The third kappa shape index (κ3) is 4.96. The van der Waals surface area contributed by atoms with Crippen LogP contribution >= 0.6 is 11.6 Å². The van der Waals surface area contributed by atoms with Crippen LogP contribution < -0.4 is 4.72 Å². The van der Waals surface area contributed by atoms with Gasteiger partial charge in [-0.25, -0.2) is 13.1 Å². The van der Waals surface area contributed by atoms with Gasteiger partial charge in [0.1, 0.15) is 5.58 Å². The predicted octanol–water partition coefficient (Wildman–Crippen LogP) is 6.24. The van der Waals surface area contributed by atoms with Crippen LogP contribution in [0.3, 0.4) is 0 Å². The van der Waals surface area contributed by atoms with Gasteiger partial charge in [0, 0.05) is 17.0 Å². The molecule has 3 heterocycles. The molecule has 5 fully saturated rings. The van der Waals surface area contributed by atoms with Crippen molar-refractivity contribution in [3.63, 3.8) is 0 Å². The SMILES string of the molecule is CC1(C)[C@@H]2C[C@H]3OB([C@H](Cc4coc5ccccc45)NS(=O)(=O)Cc4cc(Cl)cc(C5CCCO5)c4)O[C@@]3(C)[C@H]1C2. The summed E-state index contributed by atoms with van der Waals surface area (Å²) in [6.07, 6.45) is 5.92. The third-order valence-electron chi connectivity index (χ3n) is 10.3. The van der Waals surface area contributed by atoms with Crippen LogP contribution in [0.1, 0.15) is 69.2 Å². The van der Waals surface area contributed by atoms with Crippen LogP contribution in [-0.2, 0) is 36.2 Å². The summed E-state index contributed by atoms with van der Waals surface area (Å²) < 4.78 is 55.4. The van der Waals surface area contributed by atoms with Crippen molar-refractivity contribution < 1.29 is 26.9 Å². The Bertz CT molecular complexity index is 1570. The number of hydrogen-bond donors (Lipinski definition) is 1. The molecule has 1 aromatic heterocycles. The molecule has 0 radical (unpaired) electrons. The minimum atomic E-state index is -3.80. The van der Waals surface area contributed by atoms with Crippen molar-refractivity contribution in [2.75, 3.05) is 6.61 Å². The van der Waals surface area contributed by atoms with E-state index in [-0.39, 0.29) is 23.4 Å². The second-order valence-electron chi connectivity index (χ2n) is 13.2. The van der Waals surface area contributed by atoms with E-state index in [9.17, 15) is 8.42 Å². The number of rotatable bonds is 8. The summed E-state index contributed by atoms with van der Waals surface area (Å²) in [5, 5.41) is 1.46. The standard InChI is InChI=1S/C31H37BClNO6S/c1-30(2)22-15-27(30)31(3)28(16-22)39-32(40-31)29(14-21-17-38-26-8-5-4-7-24(21)26)34-41(35,36)18-19-11-20(13-23(33)12-19)25-9-6-10-37-25/h4-5,7-8,11-13,17,22,25,27-29,34H,6,9-10,14-16,18H2,1-3H3/t22-,25?,27-,28+,29-,31-/m0/s1. The first-order valence-corrected chi connectivity index (χ1v) is 16.7. The summed E-state index contributed by atoms with van der Waals surface area (Å²) in [4.78, 5) is 0. The van der Waals surface area contributed by atoms with Crippen LogP contribution in [0, 0.1) is 17.3 Å². The average molecular weight is 598 g/mol. The molecule has 3 saturated carbocycles. The maximum atomic E-state index is 13.8. The lowest BCUT2D eigenvalue weighted by molar-refractivity contribution is -0.199. The van der Waals surface area contributed by atoms with Crippen molar-refractivity contribution in [1.82, 2.24) is 4.72 Å². The molecule has 2 aromatic carbocycles. The molecule has 41 heavy (non-hydrogen) atoms. The molecule has 218 valence electrons. The minimum Gasteiger partial charge on any atom is -0.464 e. The first-order valence-electron chi connectivity index (χ1n) is 14.7. The fourth-order valence-corrected chi connectivity index (χ4v) is 9.58. The highest BCUT2D eigenvalue weighted by atomic mass is 35.5. The highest BCUT2D eigenvalue weighted by Gasteiger charge is 2.68. The number of hydrogen-bond acceptors (Lipinski definition) is 6. The Morgan fingerprint density at radius 1 is 1.15 bits per heavy atom. The second kappa shape index (κ2) is 10.1. The zero-order chi connectivity index (χ0) is 28.6. The number of benzene rings is 2. The van der Waals surface area contributed by atoms with Crippen molar-refractivity contribution in [3.8, 4) is 0 Å². The van der Waals surface area contributed by atoms with Crippen molar-refractivity contribution >= 4 is 39.7 Å². The van der Waals surface area contributed by atoms with Crippen molar-refractivity contribution in [2.24, 2.45) is 17.3 Å². The van der Waals surface area contributed by atoms with Crippen LogP contribution in [0.2, 0.25) is 5.02 Å². The van der Waals surface area contributed by atoms with Crippen LogP contribution in [0.15, 0.2) is 53.1 Å². The smallest absolute Gasteiger partial charge is 0.464 e. The van der Waals surface area contributed by atoms with E-state index in [2.05, 4.69) is 25.5 Å². The van der Waals surface area contributed by atoms with Crippen molar-refractivity contribution in [2.45, 2.75) is 82.4 Å². The monoisotopic (exact) mass is 597 g/mol. The molecule has 0 spiro atoms. The molecular formula is C31H37BClNO6S.